The van der Waals surface area contributed by atoms with E-state index in [0.29, 0.717) is 33.1 Å². The molecule has 28 heavy (non-hydrogen) atoms. The summed E-state index contributed by atoms with van der Waals surface area (Å²) in [6.07, 6.45) is 0. The maximum absolute atomic E-state index is 11.5. The van der Waals surface area contributed by atoms with Gasteiger partial charge in [-0.2, -0.15) is 0 Å². The molecular formula is C18H18Cl2N6O2. The van der Waals surface area contributed by atoms with E-state index in [9.17, 15) is 4.79 Å². The molecule has 0 aliphatic rings. The van der Waals surface area contributed by atoms with Crippen LogP contribution in [0.25, 0.3) is 11.4 Å². The Morgan fingerprint density at radius 3 is 2.64 bits per heavy atom. The lowest BCUT2D eigenvalue weighted by atomic mass is 10.2. The first-order chi connectivity index (χ1) is 13.4. The molecule has 0 bridgehead atoms. The molecule has 0 aliphatic carbocycles. The minimum atomic E-state index is -0.504. The van der Waals surface area contributed by atoms with Crippen LogP contribution in [0.4, 0.5) is 22.1 Å². The second-order valence-electron chi connectivity index (χ2n) is 5.88. The zero-order valence-electron chi connectivity index (χ0n) is 15.4. The van der Waals surface area contributed by atoms with E-state index in [2.05, 4.69) is 25.8 Å². The number of rotatable bonds is 5. The van der Waals surface area contributed by atoms with Gasteiger partial charge in [-0.15, -0.1) is 10.2 Å². The molecule has 3 aromatic rings. The Balaban J connectivity index is 1.88. The Bertz CT molecular complexity index is 1010. The molecule has 2 aromatic carbocycles. The lowest BCUT2D eigenvalue weighted by molar-refractivity contribution is 0.114. The molecule has 0 atom stereocenters. The van der Waals surface area contributed by atoms with Crippen molar-refractivity contribution < 1.29 is 9.63 Å². The number of nitrogens with one attached hydrogen (secondary N) is 2. The summed E-state index contributed by atoms with van der Waals surface area (Å²) in [7, 11) is 5.07. The minimum absolute atomic E-state index is 0.419. The fraction of sp³-hybridized carbons (Fsp3) is 0.167. The van der Waals surface area contributed by atoms with Crippen LogP contribution < -0.4 is 15.7 Å². The van der Waals surface area contributed by atoms with Gasteiger partial charge in [-0.3, -0.25) is 9.40 Å². The van der Waals surface area contributed by atoms with Gasteiger partial charge >= 0.3 is 6.03 Å². The first-order valence-electron chi connectivity index (χ1n) is 8.19. The van der Waals surface area contributed by atoms with Crippen LogP contribution in [0.5, 0.6) is 0 Å². The monoisotopic (exact) mass is 420 g/mol. The van der Waals surface area contributed by atoms with Gasteiger partial charge in [-0.25, -0.2) is 10.3 Å². The number of urea groups is 1. The molecule has 146 valence electrons. The summed E-state index contributed by atoms with van der Waals surface area (Å²) in [5, 5.41) is 12.2. The summed E-state index contributed by atoms with van der Waals surface area (Å²) in [6, 6.07) is 12.0. The van der Waals surface area contributed by atoms with Gasteiger partial charge in [0, 0.05) is 36.1 Å². The zero-order chi connectivity index (χ0) is 20.3. The number of carbonyl (C=O) groups is 1. The number of aromatic nitrogens is 3. The highest BCUT2D eigenvalue weighted by molar-refractivity contribution is 6.33. The largest absolute Gasteiger partial charge is 0.343 e. The van der Waals surface area contributed by atoms with Crippen molar-refractivity contribution in [3.8, 4) is 11.4 Å². The summed E-state index contributed by atoms with van der Waals surface area (Å²) >= 11 is 12.5. The van der Waals surface area contributed by atoms with E-state index in [1.165, 1.54) is 7.11 Å². The van der Waals surface area contributed by atoms with Gasteiger partial charge in [0.25, 0.3) is 0 Å². The third-order valence-electron chi connectivity index (χ3n) is 4.01. The topological polar surface area (TPSA) is 84.3 Å². The van der Waals surface area contributed by atoms with Gasteiger partial charge in [0.2, 0.25) is 5.95 Å². The Hall–Kier alpha value is -2.81. The molecular weight excluding hydrogens is 403 g/mol. The number of anilines is 3. The molecule has 3 rings (SSSR count). The zero-order valence-corrected chi connectivity index (χ0v) is 16.9. The van der Waals surface area contributed by atoms with Crippen LogP contribution in [0.3, 0.4) is 0 Å². The third-order valence-corrected chi connectivity index (χ3v) is 4.56. The first-order valence-corrected chi connectivity index (χ1v) is 8.95. The summed E-state index contributed by atoms with van der Waals surface area (Å²) in [5.74, 6) is 1.21. The van der Waals surface area contributed by atoms with E-state index < -0.39 is 6.03 Å². The van der Waals surface area contributed by atoms with Crippen LogP contribution in [-0.2, 0) is 11.9 Å². The number of hydroxylamine groups is 1. The molecule has 0 unspecified atom stereocenters. The van der Waals surface area contributed by atoms with E-state index in [1.807, 2.05) is 47.8 Å². The molecule has 2 amide bonds. The van der Waals surface area contributed by atoms with E-state index in [-0.39, 0.29) is 0 Å². The molecule has 0 radical (unpaired) electrons. The number of carbonyl (C=O) groups excluding carboxylic acids is 1. The number of benzene rings is 2. The maximum atomic E-state index is 11.5. The van der Waals surface area contributed by atoms with Crippen LogP contribution in [0.2, 0.25) is 10.0 Å². The standard InChI is InChI=1S/C18H18Cl2N6O2/c1-25(13-6-4-5-11(19)9-13)18-23-22-16(26(18)2)14-8-7-12(10-15(14)20)21-17(27)24-28-3/h4-10H,1-3H3,(H2,21,24,27). The Labute approximate surface area is 172 Å². The number of amides is 2. The first kappa shape index (κ1) is 19.9. The molecule has 0 aliphatic heterocycles. The molecule has 8 nitrogen and oxygen atoms in total. The van der Waals surface area contributed by atoms with Crippen molar-refractivity contribution >= 4 is 46.6 Å². The van der Waals surface area contributed by atoms with Gasteiger partial charge in [-0.1, -0.05) is 29.3 Å². The molecule has 0 spiro atoms. The molecule has 2 N–H and O–H groups in total. The number of hydrogen-bond acceptors (Lipinski definition) is 5. The summed E-state index contributed by atoms with van der Waals surface area (Å²) < 4.78 is 1.83. The van der Waals surface area contributed by atoms with Crippen molar-refractivity contribution in [2.24, 2.45) is 7.05 Å². The normalized spacial score (nSPS) is 10.6. The van der Waals surface area contributed by atoms with Crippen LogP contribution in [0.1, 0.15) is 0 Å². The van der Waals surface area contributed by atoms with Crippen molar-refractivity contribution in [3.05, 3.63) is 52.5 Å². The smallest absolute Gasteiger partial charge is 0.314 e. The second-order valence-corrected chi connectivity index (χ2v) is 6.72. The van der Waals surface area contributed by atoms with E-state index in [1.54, 1.807) is 18.2 Å². The SMILES string of the molecule is CONC(=O)Nc1ccc(-c2nnc(N(C)c3cccc(Cl)c3)n2C)c(Cl)c1. The van der Waals surface area contributed by atoms with Gasteiger partial charge in [0.15, 0.2) is 5.82 Å². The fourth-order valence-corrected chi connectivity index (χ4v) is 3.12. The van der Waals surface area contributed by atoms with Crippen LogP contribution in [0, 0.1) is 0 Å². The van der Waals surface area contributed by atoms with Gasteiger partial charge in [-0.05, 0) is 36.4 Å². The highest BCUT2D eigenvalue weighted by Gasteiger charge is 2.18. The molecule has 0 fully saturated rings. The fourth-order valence-electron chi connectivity index (χ4n) is 2.67. The molecule has 1 heterocycles. The van der Waals surface area contributed by atoms with Gasteiger partial charge in [0.05, 0.1) is 12.1 Å². The maximum Gasteiger partial charge on any atom is 0.343 e. The predicted molar refractivity (Wildman–Crippen MR) is 110 cm³/mol. The van der Waals surface area contributed by atoms with E-state index in [0.717, 1.165) is 5.69 Å². The van der Waals surface area contributed by atoms with Crippen molar-refractivity contribution in [3.63, 3.8) is 0 Å². The van der Waals surface area contributed by atoms with E-state index in [4.69, 9.17) is 23.2 Å². The minimum Gasteiger partial charge on any atom is -0.314 e. The molecule has 0 saturated heterocycles. The summed E-state index contributed by atoms with van der Waals surface area (Å²) in [5.41, 5.74) is 4.24. The average Bonchev–Trinajstić information content (AvgIpc) is 3.02. The van der Waals surface area contributed by atoms with Crippen LogP contribution >= 0.6 is 23.2 Å². The Kier molecular flexibility index (Phi) is 6.03. The number of nitrogens with zero attached hydrogens (tertiary/aromatic N) is 4. The average molecular weight is 421 g/mol. The van der Waals surface area contributed by atoms with E-state index >= 15 is 0 Å². The van der Waals surface area contributed by atoms with Gasteiger partial charge < -0.3 is 10.2 Å². The molecule has 0 saturated carbocycles. The highest BCUT2D eigenvalue weighted by atomic mass is 35.5. The molecule has 1 aromatic heterocycles. The number of halogens is 2. The van der Waals surface area contributed by atoms with Crippen molar-refractivity contribution in [2.75, 3.05) is 24.4 Å². The predicted octanol–water partition coefficient (Wildman–Crippen LogP) is 4.24. The third kappa shape index (κ3) is 4.19. The Morgan fingerprint density at radius 1 is 1.18 bits per heavy atom. The van der Waals surface area contributed by atoms with Crippen molar-refractivity contribution in [1.29, 1.82) is 0 Å². The highest BCUT2D eigenvalue weighted by Crippen LogP contribution is 2.32. The summed E-state index contributed by atoms with van der Waals surface area (Å²) in [6.45, 7) is 0. The second kappa shape index (κ2) is 8.47. The van der Waals surface area contributed by atoms with Gasteiger partial charge in [0.1, 0.15) is 0 Å². The lowest BCUT2D eigenvalue weighted by Crippen LogP contribution is -2.27. The van der Waals surface area contributed by atoms with Crippen LogP contribution in [-0.4, -0.2) is 35.0 Å². The van der Waals surface area contributed by atoms with Crippen LogP contribution in [0.15, 0.2) is 42.5 Å². The lowest BCUT2D eigenvalue weighted by Gasteiger charge is -2.18. The Morgan fingerprint density at radius 2 is 1.96 bits per heavy atom. The summed E-state index contributed by atoms with van der Waals surface area (Å²) in [4.78, 5) is 18.0. The quantitative estimate of drug-likeness (QED) is 0.602. The van der Waals surface area contributed by atoms with Crippen molar-refractivity contribution in [1.82, 2.24) is 20.2 Å². The molecule has 10 heteroatoms. The number of hydrogen-bond donors (Lipinski definition) is 2. The van der Waals surface area contributed by atoms with Crippen molar-refractivity contribution in [2.45, 2.75) is 0 Å².